The lowest BCUT2D eigenvalue weighted by Gasteiger charge is -2.39. The van der Waals surface area contributed by atoms with E-state index in [4.69, 9.17) is 5.73 Å². The number of hydrogen-bond acceptors (Lipinski definition) is 3. The molecule has 0 aromatic rings. The maximum atomic E-state index is 12.3. The van der Waals surface area contributed by atoms with Gasteiger partial charge in [0.25, 0.3) is 0 Å². The lowest BCUT2D eigenvalue weighted by atomic mass is 9.78. The fourth-order valence-electron chi connectivity index (χ4n) is 3.89. The van der Waals surface area contributed by atoms with Gasteiger partial charge in [0, 0.05) is 39.9 Å². The topological polar surface area (TPSA) is 58.4 Å². The normalized spacial score (nSPS) is 20.4. The molecular formula is C23H47N3O. The summed E-state index contributed by atoms with van der Waals surface area (Å²) < 4.78 is 0. The maximum Gasteiger partial charge on any atom is 0.223 e. The lowest BCUT2D eigenvalue weighted by molar-refractivity contribution is -0.125. The Kier molecular flexibility index (Phi) is 10.9. The molecule has 0 radical (unpaired) electrons. The summed E-state index contributed by atoms with van der Waals surface area (Å²) in [6, 6.07) is 0.338. The van der Waals surface area contributed by atoms with Crippen molar-refractivity contribution in [2.24, 2.45) is 23.0 Å². The maximum absolute atomic E-state index is 12.3. The van der Waals surface area contributed by atoms with Gasteiger partial charge in [-0.3, -0.25) is 4.79 Å². The number of allylic oxidation sites excluding steroid dienone is 2. The van der Waals surface area contributed by atoms with Crippen molar-refractivity contribution in [2.75, 3.05) is 26.2 Å². The predicted molar refractivity (Wildman–Crippen MR) is 121 cm³/mol. The van der Waals surface area contributed by atoms with Crippen molar-refractivity contribution in [1.29, 1.82) is 0 Å². The van der Waals surface area contributed by atoms with Crippen LogP contribution in [0.2, 0.25) is 0 Å². The van der Waals surface area contributed by atoms with Crippen molar-refractivity contribution in [3.63, 3.8) is 0 Å². The number of piperidine rings is 1. The van der Waals surface area contributed by atoms with Crippen LogP contribution < -0.4 is 11.1 Å². The molecule has 1 fully saturated rings. The van der Waals surface area contributed by atoms with Crippen molar-refractivity contribution in [1.82, 2.24) is 10.2 Å². The van der Waals surface area contributed by atoms with Gasteiger partial charge in [-0.05, 0) is 38.1 Å². The number of carbonyl (C=O) groups excluding carboxylic acids is 1. The van der Waals surface area contributed by atoms with Gasteiger partial charge in [-0.1, -0.05) is 65.3 Å². The van der Waals surface area contributed by atoms with Crippen molar-refractivity contribution < 1.29 is 7.65 Å². The molecule has 0 aromatic heterocycles. The van der Waals surface area contributed by atoms with E-state index in [1.165, 1.54) is 0 Å². The summed E-state index contributed by atoms with van der Waals surface area (Å²) in [7, 11) is 0. The highest BCUT2D eigenvalue weighted by Gasteiger charge is 2.33. The third kappa shape index (κ3) is 7.42. The smallest absolute Gasteiger partial charge is 0.223 e. The number of nitrogens with two attached hydrogens (primary N) is 1. The first-order chi connectivity index (χ1) is 13.0. The fraction of sp³-hybridized carbons (Fsp3) is 0.783. The molecule has 1 atom stereocenters. The number of carbonyl (C=O) groups is 1. The SMILES string of the molecule is CC.CC(CCCCN)C(=O)NC1CCN(CC2(C(C)C)C=CC=C2)CC1.[HH].[HH]. The number of unbranched alkanes of at least 4 members (excludes halogenated alkanes) is 1. The fourth-order valence-corrected chi connectivity index (χ4v) is 3.89. The summed E-state index contributed by atoms with van der Waals surface area (Å²) in [5.74, 6) is 0.924. The van der Waals surface area contributed by atoms with Crippen LogP contribution in [0.15, 0.2) is 24.3 Å². The van der Waals surface area contributed by atoms with E-state index in [9.17, 15) is 4.79 Å². The monoisotopic (exact) mass is 381 g/mol. The molecule has 1 aliphatic carbocycles. The molecule has 0 bridgehead atoms. The van der Waals surface area contributed by atoms with Crippen molar-refractivity contribution >= 4 is 5.91 Å². The third-order valence-corrected chi connectivity index (χ3v) is 5.97. The Bertz CT molecular complexity index is 475. The zero-order valence-electron chi connectivity index (χ0n) is 18.3. The summed E-state index contributed by atoms with van der Waals surface area (Å²) in [6.45, 7) is 14.6. The quantitative estimate of drug-likeness (QED) is 0.573. The minimum absolute atomic E-state index is 0. The summed E-state index contributed by atoms with van der Waals surface area (Å²) in [4.78, 5) is 14.9. The van der Waals surface area contributed by atoms with Gasteiger partial charge in [0.2, 0.25) is 5.91 Å². The van der Waals surface area contributed by atoms with Crippen LogP contribution >= 0.6 is 0 Å². The molecule has 0 saturated carbocycles. The zero-order chi connectivity index (χ0) is 20.3. The van der Waals surface area contributed by atoms with E-state index in [-0.39, 0.29) is 20.1 Å². The van der Waals surface area contributed by atoms with E-state index in [1.54, 1.807) is 0 Å². The first kappa shape index (κ1) is 23.9. The van der Waals surface area contributed by atoms with Gasteiger partial charge in [-0.15, -0.1) is 0 Å². The van der Waals surface area contributed by atoms with Gasteiger partial charge >= 0.3 is 0 Å². The number of hydrogen-bond donors (Lipinski definition) is 2. The molecule has 0 aromatic carbocycles. The third-order valence-electron chi connectivity index (χ3n) is 5.97. The molecule has 27 heavy (non-hydrogen) atoms. The van der Waals surface area contributed by atoms with Gasteiger partial charge < -0.3 is 16.0 Å². The first-order valence-electron chi connectivity index (χ1n) is 11.1. The average Bonchev–Trinajstić information content (AvgIpc) is 3.15. The second-order valence-corrected chi connectivity index (χ2v) is 8.23. The van der Waals surface area contributed by atoms with Crippen LogP contribution in [0.25, 0.3) is 0 Å². The van der Waals surface area contributed by atoms with Crippen LogP contribution in [-0.4, -0.2) is 43.0 Å². The highest BCUT2D eigenvalue weighted by Crippen LogP contribution is 2.36. The molecule has 2 rings (SSSR count). The van der Waals surface area contributed by atoms with Crippen LogP contribution in [0.4, 0.5) is 0 Å². The highest BCUT2D eigenvalue weighted by molar-refractivity contribution is 5.78. The van der Waals surface area contributed by atoms with Gasteiger partial charge in [0.15, 0.2) is 0 Å². The highest BCUT2D eigenvalue weighted by atomic mass is 16.1. The molecular weight excluding hydrogens is 334 g/mol. The molecule has 1 amide bonds. The molecule has 160 valence electrons. The van der Waals surface area contributed by atoms with Crippen LogP contribution in [0.1, 0.15) is 69.6 Å². The minimum Gasteiger partial charge on any atom is -0.353 e. The molecule has 1 unspecified atom stereocenters. The standard InChI is InChI=1S/C21H37N3O.C2H6.2H2/c1-17(2)21(11-5-6-12-21)16-24-14-9-19(10-15-24)23-20(25)18(3)8-4-7-13-22;1-2;;/h5-6,11-12,17-19H,4,7-10,13-16,22H2,1-3H3,(H,23,25);1-2H3;2*1H. The molecule has 3 N–H and O–H groups in total. The van der Waals surface area contributed by atoms with E-state index in [0.29, 0.717) is 12.0 Å². The van der Waals surface area contributed by atoms with Gasteiger partial charge in [0.1, 0.15) is 0 Å². The van der Waals surface area contributed by atoms with Crippen LogP contribution in [0.3, 0.4) is 0 Å². The van der Waals surface area contributed by atoms with Crippen molar-refractivity contribution in [3.8, 4) is 0 Å². The molecule has 4 nitrogen and oxygen atoms in total. The van der Waals surface area contributed by atoms with Gasteiger partial charge in [0.05, 0.1) is 0 Å². The number of amides is 1. The van der Waals surface area contributed by atoms with E-state index < -0.39 is 0 Å². The van der Waals surface area contributed by atoms with E-state index in [0.717, 1.165) is 58.3 Å². The molecule has 0 spiro atoms. The Morgan fingerprint density at radius 1 is 1.19 bits per heavy atom. The average molecular weight is 382 g/mol. The molecule has 1 heterocycles. The van der Waals surface area contributed by atoms with E-state index in [2.05, 4.69) is 48.4 Å². The summed E-state index contributed by atoms with van der Waals surface area (Å²) in [5, 5.41) is 3.27. The van der Waals surface area contributed by atoms with Crippen molar-refractivity contribution in [2.45, 2.75) is 72.8 Å². The van der Waals surface area contributed by atoms with Crippen LogP contribution in [-0.2, 0) is 4.79 Å². The van der Waals surface area contributed by atoms with Gasteiger partial charge in [-0.25, -0.2) is 0 Å². The zero-order valence-corrected chi connectivity index (χ0v) is 18.3. The Morgan fingerprint density at radius 3 is 2.30 bits per heavy atom. The Labute approximate surface area is 170 Å². The number of nitrogens with zero attached hydrogens (tertiary/aromatic N) is 1. The largest absolute Gasteiger partial charge is 0.353 e. The Hall–Kier alpha value is -1.13. The summed E-state index contributed by atoms with van der Waals surface area (Å²) >= 11 is 0. The summed E-state index contributed by atoms with van der Waals surface area (Å²) in [5.41, 5.74) is 5.71. The summed E-state index contributed by atoms with van der Waals surface area (Å²) in [6.07, 6.45) is 14.2. The number of rotatable bonds is 9. The second-order valence-electron chi connectivity index (χ2n) is 8.23. The van der Waals surface area contributed by atoms with Crippen LogP contribution in [0, 0.1) is 17.3 Å². The lowest BCUT2D eigenvalue weighted by Crippen LogP contribution is -2.48. The second kappa shape index (κ2) is 12.4. The predicted octanol–water partition coefficient (Wildman–Crippen LogP) is 4.62. The molecule has 2 aliphatic rings. The number of nitrogens with one attached hydrogen (secondary N) is 1. The Balaban J connectivity index is 0. The van der Waals surface area contributed by atoms with Crippen molar-refractivity contribution in [3.05, 3.63) is 24.3 Å². The van der Waals surface area contributed by atoms with E-state index in [1.807, 2.05) is 20.8 Å². The van der Waals surface area contributed by atoms with E-state index >= 15 is 0 Å². The molecule has 4 heteroatoms. The molecule has 1 aliphatic heterocycles. The minimum atomic E-state index is 0. The van der Waals surface area contributed by atoms with Gasteiger partial charge in [-0.2, -0.15) is 0 Å². The number of likely N-dealkylation sites (tertiary alicyclic amines) is 1. The Morgan fingerprint density at radius 2 is 1.78 bits per heavy atom. The molecule has 1 saturated heterocycles. The first-order valence-corrected chi connectivity index (χ1v) is 11.1. The van der Waals surface area contributed by atoms with Crippen LogP contribution in [0.5, 0.6) is 0 Å².